The first-order valence-corrected chi connectivity index (χ1v) is 14.0. The molecule has 5 nitrogen and oxygen atoms in total. The Morgan fingerprint density at radius 3 is 2.13 bits per heavy atom. The Hall–Kier alpha value is -2.40. The van der Waals surface area contributed by atoms with Gasteiger partial charge < -0.3 is 5.11 Å². The molecule has 0 amide bonds. The maximum atomic E-state index is 15.3. The van der Waals surface area contributed by atoms with E-state index in [1.807, 2.05) is 33.8 Å². The number of aliphatic hydroxyl groups is 1. The summed E-state index contributed by atoms with van der Waals surface area (Å²) < 4.78 is 0. The summed E-state index contributed by atoms with van der Waals surface area (Å²) in [5.74, 6) is -2.64. The third kappa shape index (κ3) is 2.92. The van der Waals surface area contributed by atoms with Gasteiger partial charge in [0.1, 0.15) is 0 Å². The standard InChI is InChI=1S/C33H42O5/c1-19(2)14-15-31-17-21-16-22-28(3,4)23(30(7,8)38)18-32(22,25(31)35)27(37)33(26(31)36,29(21,5)6)24(34)20-12-10-9-11-13-20/h9-14,21-23,38H,15-18H2,1-8H3/t21?,22-,23+,31?,32?,33?/m1/s1. The summed E-state index contributed by atoms with van der Waals surface area (Å²) in [5.41, 5.74) is -6.16. The molecule has 1 spiro atoms. The molecule has 5 heteroatoms. The first kappa shape index (κ1) is 27.2. The van der Waals surface area contributed by atoms with Gasteiger partial charge in [0.05, 0.1) is 16.4 Å². The number of hydrogen-bond acceptors (Lipinski definition) is 5. The molecule has 5 saturated carbocycles. The van der Waals surface area contributed by atoms with Gasteiger partial charge in [0.25, 0.3) is 0 Å². The van der Waals surface area contributed by atoms with Crippen molar-refractivity contribution >= 4 is 23.1 Å². The number of rotatable bonds is 5. The zero-order chi connectivity index (χ0) is 28.3. The number of carbonyl (C=O) groups excluding carboxylic acids is 4. The summed E-state index contributed by atoms with van der Waals surface area (Å²) in [5, 5.41) is 11.3. The highest BCUT2D eigenvalue weighted by Gasteiger charge is 2.86. The lowest BCUT2D eigenvalue weighted by atomic mass is 9.37. The predicted octanol–water partition coefficient (Wildman–Crippen LogP) is 5.79. The van der Waals surface area contributed by atoms with Gasteiger partial charge in [0.2, 0.25) is 0 Å². The summed E-state index contributed by atoms with van der Waals surface area (Å²) in [4.78, 5) is 59.8. The first-order valence-electron chi connectivity index (χ1n) is 14.0. The maximum absolute atomic E-state index is 15.3. The molecule has 1 aromatic carbocycles. The number of Topliss-reactive ketones (excluding diaryl/α,β-unsaturated/α-hetero) is 4. The topological polar surface area (TPSA) is 88.5 Å². The highest BCUT2D eigenvalue weighted by Crippen LogP contribution is 2.77. The summed E-state index contributed by atoms with van der Waals surface area (Å²) in [6.07, 6.45) is 3.25. The Balaban J connectivity index is 1.89. The van der Waals surface area contributed by atoms with Crippen LogP contribution in [0.2, 0.25) is 0 Å². The Morgan fingerprint density at radius 1 is 0.974 bits per heavy atom. The number of allylic oxidation sites excluding steroid dienone is 2. The molecule has 6 rings (SSSR count). The monoisotopic (exact) mass is 518 g/mol. The van der Waals surface area contributed by atoms with Crippen LogP contribution in [-0.4, -0.2) is 33.8 Å². The van der Waals surface area contributed by atoms with Crippen LogP contribution in [0.3, 0.4) is 0 Å². The second-order valence-corrected chi connectivity index (χ2v) is 14.6. The lowest BCUT2D eigenvalue weighted by Gasteiger charge is -2.60. The molecular weight excluding hydrogens is 476 g/mol. The van der Waals surface area contributed by atoms with Crippen LogP contribution in [0.4, 0.5) is 0 Å². The van der Waals surface area contributed by atoms with Gasteiger partial charge in [-0.15, -0.1) is 0 Å². The zero-order valence-corrected chi connectivity index (χ0v) is 24.1. The minimum Gasteiger partial charge on any atom is -0.390 e. The molecular formula is C33H42O5. The molecule has 5 aliphatic carbocycles. The molecule has 6 atom stereocenters. The summed E-state index contributed by atoms with van der Waals surface area (Å²) in [6, 6.07) is 8.65. The lowest BCUT2D eigenvalue weighted by Crippen LogP contribution is -2.75. The normalized spacial score (nSPS) is 38.7. The van der Waals surface area contributed by atoms with Crippen molar-refractivity contribution in [3.8, 4) is 0 Å². The minimum absolute atomic E-state index is 0.169. The third-order valence-corrected chi connectivity index (χ3v) is 11.5. The fraction of sp³-hybridized carbons (Fsp3) is 0.636. The molecule has 0 aromatic heterocycles. The van der Waals surface area contributed by atoms with Crippen LogP contribution in [0.15, 0.2) is 42.0 Å². The molecule has 0 heterocycles. The second kappa shape index (κ2) is 7.84. The molecule has 0 aliphatic heterocycles. The number of benzene rings is 1. The van der Waals surface area contributed by atoms with E-state index in [-0.39, 0.29) is 36.4 Å². The van der Waals surface area contributed by atoms with Crippen LogP contribution in [0.5, 0.6) is 0 Å². The van der Waals surface area contributed by atoms with E-state index in [0.29, 0.717) is 18.4 Å². The lowest BCUT2D eigenvalue weighted by molar-refractivity contribution is -0.181. The van der Waals surface area contributed by atoms with E-state index in [1.54, 1.807) is 44.2 Å². The SMILES string of the molecule is CC(C)=CCC12CC3C[C@H]4C(C[C@H](C(C)(C)O)C4(C)C)(C1=O)C(=O)C(C(=O)c1ccccc1)(C2=O)C3(C)C. The van der Waals surface area contributed by atoms with Gasteiger partial charge in [0, 0.05) is 5.56 Å². The van der Waals surface area contributed by atoms with Crippen LogP contribution >= 0.6 is 0 Å². The highest BCUT2D eigenvalue weighted by molar-refractivity contribution is 6.42. The number of ketones is 4. The molecule has 1 aromatic rings. The summed E-state index contributed by atoms with van der Waals surface area (Å²) in [7, 11) is 0. The van der Waals surface area contributed by atoms with Crippen LogP contribution in [0.25, 0.3) is 0 Å². The van der Waals surface area contributed by atoms with E-state index in [1.165, 1.54) is 0 Å². The Morgan fingerprint density at radius 2 is 1.58 bits per heavy atom. The largest absolute Gasteiger partial charge is 0.390 e. The van der Waals surface area contributed by atoms with Crippen LogP contribution in [0, 0.1) is 44.8 Å². The molecule has 0 radical (unpaired) electrons. The van der Waals surface area contributed by atoms with E-state index < -0.39 is 50.0 Å². The third-order valence-electron chi connectivity index (χ3n) is 11.5. The van der Waals surface area contributed by atoms with Gasteiger partial charge in [-0.25, -0.2) is 0 Å². The van der Waals surface area contributed by atoms with Gasteiger partial charge in [-0.2, -0.15) is 0 Å². The van der Waals surface area contributed by atoms with Crippen molar-refractivity contribution < 1.29 is 24.3 Å². The second-order valence-electron chi connectivity index (χ2n) is 14.6. The van der Waals surface area contributed by atoms with E-state index in [2.05, 4.69) is 13.8 Å². The van der Waals surface area contributed by atoms with Gasteiger partial charge in [0.15, 0.2) is 28.5 Å². The Labute approximate surface area is 226 Å². The van der Waals surface area contributed by atoms with Crippen molar-refractivity contribution in [3.05, 3.63) is 47.5 Å². The minimum atomic E-state index is -1.94. The average Bonchev–Trinajstić information content (AvgIpc) is 2.98. The van der Waals surface area contributed by atoms with Crippen molar-refractivity contribution in [2.75, 3.05) is 0 Å². The van der Waals surface area contributed by atoms with Crippen molar-refractivity contribution in [2.45, 2.75) is 86.7 Å². The molecule has 1 N–H and O–H groups in total. The van der Waals surface area contributed by atoms with Crippen molar-refractivity contribution in [2.24, 2.45) is 44.8 Å². The zero-order valence-electron chi connectivity index (χ0n) is 24.1. The number of hydrogen-bond donors (Lipinski definition) is 1. The molecule has 4 unspecified atom stereocenters. The van der Waals surface area contributed by atoms with E-state index in [0.717, 1.165) is 5.57 Å². The fourth-order valence-corrected chi connectivity index (χ4v) is 9.57. The van der Waals surface area contributed by atoms with Crippen LogP contribution in [-0.2, 0) is 14.4 Å². The average molecular weight is 519 g/mol. The Bertz CT molecular complexity index is 1270. The van der Waals surface area contributed by atoms with Crippen LogP contribution in [0.1, 0.15) is 91.4 Å². The summed E-state index contributed by atoms with van der Waals surface area (Å²) in [6.45, 7) is 15.3. The molecule has 5 aliphatic rings. The predicted molar refractivity (Wildman–Crippen MR) is 145 cm³/mol. The van der Waals surface area contributed by atoms with Crippen molar-refractivity contribution in [1.82, 2.24) is 0 Å². The first-order chi connectivity index (χ1) is 17.4. The molecule has 204 valence electrons. The molecule has 38 heavy (non-hydrogen) atoms. The number of carbonyl (C=O) groups is 4. The van der Waals surface area contributed by atoms with Gasteiger partial charge >= 0.3 is 0 Å². The van der Waals surface area contributed by atoms with Gasteiger partial charge in [-0.1, -0.05) is 69.7 Å². The molecule has 0 saturated heterocycles. The van der Waals surface area contributed by atoms with E-state index in [9.17, 15) is 19.5 Å². The summed E-state index contributed by atoms with van der Waals surface area (Å²) >= 11 is 0. The van der Waals surface area contributed by atoms with Crippen molar-refractivity contribution in [3.63, 3.8) is 0 Å². The fourth-order valence-electron chi connectivity index (χ4n) is 9.57. The van der Waals surface area contributed by atoms with Crippen molar-refractivity contribution in [1.29, 1.82) is 0 Å². The Kier molecular flexibility index (Phi) is 5.60. The van der Waals surface area contributed by atoms with E-state index >= 15 is 4.79 Å². The van der Waals surface area contributed by atoms with Gasteiger partial charge in [-0.3, -0.25) is 19.2 Å². The van der Waals surface area contributed by atoms with Gasteiger partial charge in [-0.05, 0) is 82.0 Å². The van der Waals surface area contributed by atoms with Crippen LogP contribution < -0.4 is 0 Å². The quantitative estimate of drug-likeness (QED) is 0.303. The highest BCUT2D eigenvalue weighted by atomic mass is 16.3. The molecule has 5 fully saturated rings. The maximum Gasteiger partial charge on any atom is 0.184 e. The smallest absolute Gasteiger partial charge is 0.184 e. The van der Waals surface area contributed by atoms with E-state index in [4.69, 9.17) is 0 Å². The molecule has 4 bridgehead atoms.